The lowest BCUT2D eigenvalue weighted by molar-refractivity contribution is -0.291. The van der Waals surface area contributed by atoms with Crippen molar-refractivity contribution >= 4 is 11.8 Å². The lowest BCUT2D eigenvalue weighted by atomic mass is 9.98. The van der Waals surface area contributed by atoms with Gasteiger partial charge >= 0.3 is 5.97 Å². The van der Waals surface area contributed by atoms with Crippen molar-refractivity contribution in [2.45, 2.75) is 146 Å². The Morgan fingerprint density at radius 1 is 0.850 bits per heavy atom. The summed E-state index contributed by atoms with van der Waals surface area (Å²) in [5, 5.41) is 70.2. The topological polar surface area (TPSA) is 203 Å². The van der Waals surface area contributed by atoms with Crippen LogP contribution in [0.2, 0.25) is 0 Å². The fourth-order valence-corrected chi connectivity index (χ4v) is 4.90. The molecule has 0 spiro atoms. The van der Waals surface area contributed by atoms with Gasteiger partial charge < -0.3 is 50.0 Å². The highest BCUT2D eigenvalue weighted by Gasteiger charge is 2.49. The summed E-state index contributed by atoms with van der Waals surface area (Å²) in [6.07, 6.45) is 0.641. The Balaban J connectivity index is 1.72. The summed E-state index contributed by atoms with van der Waals surface area (Å²) in [5.41, 5.74) is 0. The van der Waals surface area contributed by atoms with Gasteiger partial charge in [-0.3, -0.25) is 4.79 Å². The number of unbranched alkanes of at least 4 members (excludes halogenated alkanes) is 12. The minimum absolute atomic E-state index is 0.00928. The molecule has 0 aromatic heterocycles. The van der Waals surface area contributed by atoms with E-state index < -0.39 is 78.9 Å². The van der Waals surface area contributed by atoms with Gasteiger partial charge in [-0.15, -0.1) is 0 Å². The number of Topliss-reactive ketones (excluding diaryl/α,β-unsaturated/α-hetero) is 1. The summed E-state index contributed by atoms with van der Waals surface area (Å²) < 4.78 is 15.1. The Kier molecular flexibility index (Phi) is 15.4. The molecule has 2 rings (SSSR count). The molecule has 12 nitrogen and oxygen atoms in total. The van der Waals surface area contributed by atoms with Gasteiger partial charge in [-0.1, -0.05) is 84.0 Å². The predicted octanol–water partition coefficient (Wildman–Crippen LogP) is 1.27. The maximum Gasteiger partial charge on any atom is 0.378 e. The zero-order chi connectivity index (χ0) is 29.7. The maximum absolute atomic E-state index is 12.4. The summed E-state index contributed by atoms with van der Waals surface area (Å²) in [5.74, 6) is -3.75. The molecule has 0 bridgehead atoms. The Labute approximate surface area is 235 Å². The van der Waals surface area contributed by atoms with E-state index in [1.807, 2.05) is 0 Å². The number of hydrogen-bond acceptors (Lipinski definition) is 12. The zero-order valence-electron chi connectivity index (χ0n) is 23.4. The van der Waals surface area contributed by atoms with Crippen LogP contribution in [-0.4, -0.2) is 103 Å². The average molecular weight is 577 g/mol. The van der Waals surface area contributed by atoms with E-state index in [9.17, 15) is 45.3 Å². The lowest BCUT2D eigenvalue weighted by Crippen LogP contribution is -2.59. The monoisotopic (exact) mass is 576 g/mol. The smallest absolute Gasteiger partial charge is 0.378 e. The summed E-state index contributed by atoms with van der Waals surface area (Å²) in [6, 6.07) is 0. The Hall–Kier alpha value is -1.80. The number of esters is 1. The number of rotatable bonds is 20. The van der Waals surface area contributed by atoms with Crippen molar-refractivity contribution in [3.05, 3.63) is 11.5 Å². The molecule has 1 unspecified atom stereocenters. The molecule has 7 N–H and O–H groups in total. The highest BCUT2D eigenvalue weighted by Crippen LogP contribution is 2.30. The van der Waals surface area contributed by atoms with Crippen LogP contribution in [0.1, 0.15) is 96.8 Å². The molecule has 0 aromatic carbocycles. The fourth-order valence-electron chi connectivity index (χ4n) is 4.90. The molecule has 0 saturated carbocycles. The molecule has 1 fully saturated rings. The van der Waals surface area contributed by atoms with Crippen molar-refractivity contribution in [1.29, 1.82) is 0 Å². The Morgan fingerprint density at radius 2 is 1.38 bits per heavy atom. The third kappa shape index (κ3) is 9.93. The SMILES string of the molecule is CCCCCCCCCCCCCCCC(=O)C(O)[C@H](O)[C@H]1OC(=O)C(O[C@@H]2O[C@H](CO)[C@@H](O)[C@H](O)[C@H]2O)=C1O. The van der Waals surface area contributed by atoms with Crippen LogP contribution >= 0.6 is 0 Å². The van der Waals surface area contributed by atoms with Crippen LogP contribution in [0.4, 0.5) is 0 Å². The van der Waals surface area contributed by atoms with Crippen LogP contribution in [-0.2, 0) is 23.8 Å². The molecule has 0 aromatic rings. The van der Waals surface area contributed by atoms with Crippen molar-refractivity contribution in [3.63, 3.8) is 0 Å². The number of carbonyl (C=O) groups is 2. The number of hydrogen-bond donors (Lipinski definition) is 7. The summed E-state index contributed by atoms with van der Waals surface area (Å²) in [4.78, 5) is 24.6. The average Bonchev–Trinajstić information content (AvgIpc) is 3.22. The number of aliphatic hydroxyl groups is 7. The molecular formula is C28H48O12. The second-order valence-electron chi connectivity index (χ2n) is 10.7. The fraction of sp³-hybridized carbons (Fsp3) is 0.857. The van der Waals surface area contributed by atoms with E-state index in [0.29, 0.717) is 6.42 Å². The molecule has 0 amide bonds. The zero-order valence-corrected chi connectivity index (χ0v) is 23.4. The Morgan fingerprint density at radius 3 is 1.90 bits per heavy atom. The van der Waals surface area contributed by atoms with Crippen LogP contribution in [0.25, 0.3) is 0 Å². The first kappa shape index (κ1) is 34.4. The Bertz CT molecular complexity index is 800. The number of aliphatic hydroxyl groups excluding tert-OH is 7. The van der Waals surface area contributed by atoms with Crippen LogP contribution in [0.3, 0.4) is 0 Å². The highest BCUT2D eigenvalue weighted by atomic mass is 16.7. The van der Waals surface area contributed by atoms with Crippen LogP contribution in [0, 0.1) is 0 Å². The van der Waals surface area contributed by atoms with E-state index in [1.165, 1.54) is 51.4 Å². The van der Waals surface area contributed by atoms with Gasteiger partial charge in [-0.05, 0) is 6.42 Å². The highest BCUT2D eigenvalue weighted by molar-refractivity contribution is 5.90. The van der Waals surface area contributed by atoms with E-state index in [1.54, 1.807) is 0 Å². The van der Waals surface area contributed by atoms with E-state index in [2.05, 4.69) is 6.92 Å². The van der Waals surface area contributed by atoms with E-state index in [-0.39, 0.29) is 6.42 Å². The van der Waals surface area contributed by atoms with Crippen molar-refractivity contribution in [2.24, 2.45) is 0 Å². The molecule has 40 heavy (non-hydrogen) atoms. The molecule has 12 heteroatoms. The van der Waals surface area contributed by atoms with Crippen LogP contribution in [0.5, 0.6) is 0 Å². The van der Waals surface area contributed by atoms with E-state index in [0.717, 1.165) is 25.7 Å². The standard InChI is InChI=1S/C28H48O12/c1-2-3-4-5-6-7-8-9-10-11-12-13-14-15-17(30)19(31)22(34)25-24(36)26(27(37)39-25)40-28-23(35)21(33)20(32)18(16-29)38-28/h18-23,25,28-29,31-36H,2-16H2,1H3/t18-,19?,20-,21+,22+,23-,25-,28+/m1/s1. The number of ketones is 1. The summed E-state index contributed by atoms with van der Waals surface area (Å²) in [6.45, 7) is 1.47. The van der Waals surface area contributed by atoms with Crippen LogP contribution in [0.15, 0.2) is 11.5 Å². The second-order valence-corrected chi connectivity index (χ2v) is 10.7. The third-order valence-corrected chi connectivity index (χ3v) is 7.49. The first-order valence-corrected chi connectivity index (χ1v) is 14.6. The van der Waals surface area contributed by atoms with Gasteiger partial charge in [0.2, 0.25) is 12.0 Å². The molecule has 2 heterocycles. The maximum atomic E-state index is 12.4. The van der Waals surface area contributed by atoms with E-state index >= 15 is 0 Å². The largest absolute Gasteiger partial charge is 0.505 e. The minimum Gasteiger partial charge on any atom is -0.505 e. The van der Waals surface area contributed by atoms with Gasteiger partial charge in [0.1, 0.15) is 36.6 Å². The normalized spacial score (nSPS) is 28.4. The molecule has 1 saturated heterocycles. The van der Waals surface area contributed by atoms with Crippen molar-refractivity contribution in [3.8, 4) is 0 Å². The molecule has 0 radical (unpaired) electrons. The molecule has 2 aliphatic rings. The van der Waals surface area contributed by atoms with Gasteiger partial charge in [0.25, 0.3) is 0 Å². The van der Waals surface area contributed by atoms with Gasteiger partial charge in [0.15, 0.2) is 17.6 Å². The lowest BCUT2D eigenvalue weighted by Gasteiger charge is -2.39. The quantitative estimate of drug-likeness (QED) is 0.0809. The minimum atomic E-state index is -1.98. The van der Waals surface area contributed by atoms with Gasteiger partial charge in [-0.25, -0.2) is 4.79 Å². The number of carbonyl (C=O) groups excluding carboxylic acids is 2. The predicted molar refractivity (Wildman–Crippen MR) is 142 cm³/mol. The second kappa shape index (κ2) is 17.9. The molecule has 8 atom stereocenters. The molecule has 0 aliphatic carbocycles. The summed E-state index contributed by atoms with van der Waals surface area (Å²) >= 11 is 0. The van der Waals surface area contributed by atoms with Crippen molar-refractivity contribution < 1.29 is 59.5 Å². The van der Waals surface area contributed by atoms with Crippen molar-refractivity contribution in [1.82, 2.24) is 0 Å². The molecule has 232 valence electrons. The molecule has 2 aliphatic heterocycles. The summed E-state index contributed by atoms with van der Waals surface area (Å²) in [7, 11) is 0. The van der Waals surface area contributed by atoms with Crippen LogP contribution < -0.4 is 0 Å². The number of ether oxygens (including phenoxy) is 3. The first-order chi connectivity index (χ1) is 19.1. The van der Waals surface area contributed by atoms with Gasteiger partial charge in [0.05, 0.1) is 6.61 Å². The third-order valence-electron chi connectivity index (χ3n) is 7.49. The van der Waals surface area contributed by atoms with Gasteiger partial charge in [-0.2, -0.15) is 0 Å². The van der Waals surface area contributed by atoms with E-state index in [4.69, 9.17) is 14.2 Å². The van der Waals surface area contributed by atoms with Crippen molar-refractivity contribution in [2.75, 3.05) is 6.61 Å². The first-order valence-electron chi connectivity index (χ1n) is 14.6. The molecular weight excluding hydrogens is 528 g/mol. The van der Waals surface area contributed by atoms with Gasteiger partial charge in [0, 0.05) is 6.42 Å². The number of cyclic esters (lactones) is 1.